The van der Waals surface area contributed by atoms with Gasteiger partial charge in [0.1, 0.15) is 12.2 Å². The lowest BCUT2D eigenvalue weighted by Gasteiger charge is -2.35. The average Bonchev–Trinajstić information content (AvgIpc) is 3.16. The van der Waals surface area contributed by atoms with Crippen molar-refractivity contribution in [2.45, 2.75) is 57.7 Å². The fraction of sp³-hybridized carbons (Fsp3) is 0.800. The summed E-state index contributed by atoms with van der Waals surface area (Å²) in [5.41, 5.74) is 0. The van der Waals surface area contributed by atoms with Crippen LogP contribution in [0.4, 0.5) is 0 Å². The van der Waals surface area contributed by atoms with E-state index in [1.165, 1.54) is 0 Å². The van der Waals surface area contributed by atoms with Gasteiger partial charge < -0.3 is 5.32 Å². The Morgan fingerprint density at radius 3 is 2.95 bits per heavy atom. The van der Waals surface area contributed by atoms with E-state index in [0.717, 1.165) is 57.7 Å². The van der Waals surface area contributed by atoms with Crippen LogP contribution in [0.2, 0.25) is 0 Å². The van der Waals surface area contributed by atoms with Crippen molar-refractivity contribution in [1.82, 2.24) is 25.0 Å². The van der Waals surface area contributed by atoms with Crippen LogP contribution in [0.15, 0.2) is 6.33 Å². The molecule has 0 aliphatic carbocycles. The summed E-state index contributed by atoms with van der Waals surface area (Å²) in [6.07, 6.45) is 6.43. The number of carbonyl (C=O) groups excluding carboxylic acids is 1. The minimum absolute atomic E-state index is 0.0927. The monoisotopic (exact) mass is 291 g/mol. The maximum absolute atomic E-state index is 12.7. The van der Waals surface area contributed by atoms with Gasteiger partial charge >= 0.3 is 0 Å². The van der Waals surface area contributed by atoms with Gasteiger partial charge in [-0.25, -0.2) is 9.67 Å². The molecule has 1 atom stereocenters. The predicted molar refractivity (Wildman–Crippen MR) is 80.0 cm³/mol. The molecule has 3 heterocycles. The van der Waals surface area contributed by atoms with E-state index in [4.69, 9.17) is 0 Å². The van der Waals surface area contributed by atoms with Gasteiger partial charge in [0.15, 0.2) is 5.78 Å². The molecule has 0 saturated carbocycles. The van der Waals surface area contributed by atoms with Crippen molar-refractivity contribution >= 4 is 5.78 Å². The number of hydrogen-bond acceptors (Lipinski definition) is 5. The minimum atomic E-state index is 0.0927. The van der Waals surface area contributed by atoms with Gasteiger partial charge in [-0.15, -0.1) is 0 Å². The van der Waals surface area contributed by atoms with Crippen molar-refractivity contribution < 1.29 is 4.79 Å². The van der Waals surface area contributed by atoms with Crippen LogP contribution in [-0.2, 0) is 17.8 Å². The van der Waals surface area contributed by atoms with Crippen molar-refractivity contribution in [3.8, 4) is 0 Å². The zero-order valence-corrected chi connectivity index (χ0v) is 12.8. The number of aryl methyl sites for hydroxylation is 1. The number of aromatic nitrogens is 3. The quantitative estimate of drug-likeness (QED) is 0.862. The first kappa shape index (κ1) is 14.7. The molecule has 3 rings (SSSR count). The highest BCUT2D eigenvalue weighted by Gasteiger charge is 2.35. The van der Waals surface area contributed by atoms with E-state index < -0.39 is 0 Å². The van der Waals surface area contributed by atoms with Gasteiger partial charge in [0.05, 0.1) is 12.5 Å². The van der Waals surface area contributed by atoms with Gasteiger partial charge in [-0.1, -0.05) is 0 Å². The van der Waals surface area contributed by atoms with Gasteiger partial charge in [0, 0.05) is 12.6 Å². The van der Waals surface area contributed by atoms with E-state index in [1.807, 2.05) is 11.6 Å². The van der Waals surface area contributed by atoms with Gasteiger partial charge in [-0.05, 0) is 52.2 Å². The highest BCUT2D eigenvalue weighted by atomic mass is 16.1. The number of carbonyl (C=O) groups is 1. The van der Waals surface area contributed by atoms with Gasteiger partial charge in [-0.2, -0.15) is 5.10 Å². The molecule has 1 aromatic rings. The van der Waals surface area contributed by atoms with E-state index in [2.05, 4.69) is 20.3 Å². The maximum Gasteiger partial charge on any atom is 0.157 e. The van der Waals surface area contributed by atoms with E-state index in [9.17, 15) is 4.79 Å². The number of nitrogens with one attached hydrogen (secondary N) is 1. The fourth-order valence-corrected chi connectivity index (χ4v) is 3.67. The van der Waals surface area contributed by atoms with E-state index in [-0.39, 0.29) is 6.04 Å². The molecule has 6 nitrogen and oxygen atoms in total. The smallest absolute Gasteiger partial charge is 0.157 e. The Morgan fingerprint density at radius 1 is 1.38 bits per heavy atom. The van der Waals surface area contributed by atoms with Crippen LogP contribution in [0.1, 0.15) is 38.4 Å². The predicted octanol–water partition coefficient (Wildman–Crippen LogP) is 0.626. The molecular weight excluding hydrogens is 266 g/mol. The van der Waals surface area contributed by atoms with Crippen LogP contribution in [0.25, 0.3) is 0 Å². The summed E-state index contributed by atoms with van der Waals surface area (Å²) in [4.78, 5) is 19.4. The first-order valence-electron chi connectivity index (χ1n) is 8.15. The molecule has 0 aromatic carbocycles. The average molecular weight is 291 g/mol. The molecule has 6 heteroatoms. The zero-order chi connectivity index (χ0) is 14.7. The van der Waals surface area contributed by atoms with Crippen LogP contribution in [0, 0.1) is 0 Å². The normalized spacial score (nSPS) is 24.5. The minimum Gasteiger partial charge on any atom is -0.317 e. The molecule has 0 spiro atoms. The second kappa shape index (κ2) is 6.66. The third kappa shape index (κ3) is 3.16. The fourth-order valence-electron chi connectivity index (χ4n) is 3.67. The lowest BCUT2D eigenvalue weighted by molar-refractivity contribution is -0.123. The Morgan fingerprint density at radius 2 is 2.19 bits per heavy atom. The number of piperidine rings is 1. The standard InChI is InChI=1S/C15H25N5O/c1-2-20-15(17-11-18-20)10-14(21)13-4-3-9-19(13)12-5-7-16-8-6-12/h11-13,16H,2-10H2,1H3. The first-order valence-corrected chi connectivity index (χ1v) is 8.15. The molecular formula is C15H25N5O. The van der Waals surface area contributed by atoms with Crippen molar-refractivity contribution in [3.05, 3.63) is 12.2 Å². The number of hydrogen-bond donors (Lipinski definition) is 1. The summed E-state index contributed by atoms with van der Waals surface area (Å²) < 4.78 is 1.82. The lowest BCUT2D eigenvalue weighted by atomic mass is 10.0. The third-order valence-corrected chi connectivity index (χ3v) is 4.77. The van der Waals surface area contributed by atoms with Crippen molar-refractivity contribution in [2.75, 3.05) is 19.6 Å². The summed E-state index contributed by atoms with van der Waals surface area (Å²) in [7, 11) is 0. The number of ketones is 1. The number of rotatable bonds is 5. The Balaban J connectivity index is 1.65. The van der Waals surface area contributed by atoms with Crippen LogP contribution in [0.3, 0.4) is 0 Å². The SMILES string of the molecule is CCn1ncnc1CC(=O)C1CCCN1C1CCNCC1. The van der Waals surface area contributed by atoms with Crippen LogP contribution in [-0.4, -0.2) is 57.2 Å². The van der Waals surface area contributed by atoms with Crippen molar-refractivity contribution in [3.63, 3.8) is 0 Å². The molecule has 0 radical (unpaired) electrons. The van der Waals surface area contributed by atoms with Crippen molar-refractivity contribution in [1.29, 1.82) is 0 Å². The Hall–Kier alpha value is -1.27. The Labute approximate surface area is 125 Å². The number of likely N-dealkylation sites (tertiary alicyclic amines) is 1. The molecule has 2 aliphatic rings. The van der Waals surface area contributed by atoms with Crippen LogP contribution in [0.5, 0.6) is 0 Å². The summed E-state index contributed by atoms with van der Waals surface area (Å²) in [5.74, 6) is 1.12. The van der Waals surface area contributed by atoms with Gasteiger partial charge in [0.2, 0.25) is 0 Å². The molecule has 0 bridgehead atoms. The molecule has 116 valence electrons. The number of nitrogens with zero attached hydrogens (tertiary/aromatic N) is 4. The van der Waals surface area contributed by atoms with Crippen LogP contribution >= 0.6 is 0 Å². The van der Waals surface area contributed by atoms with E-state index in [0.29, 0.717) is 18.2 Å². The molecule has 2 aliphatic heterocycles. The van der Waals surface area contributed by atoms with E-state index in [1.54, 1.807) is 6.33 Å². The first-order chi connectivity index (χ1) is 10.3. The van der Waals surface area contributed by atoms with Gasteiger partial charge in [-0.3, -0.25) is 9.69 Å². The maximum atomic E-state index is 12.7. The molecule has 1 aromatic heterocycles. The lowest BCUT2D eigenvalue weighted by Crippen LogP contribution is -2.48. The Kier molecular flexibility index (Phi) is 4.65. The van der Waals surface area contributed by atoms with E-state index >= 15 is 0 Å². The topological polar surface area (TPSA) is 63.1 Å². The Bertz CT molecular complexity index is 480. The van der Waals surface area contributed by atoms with Crippen molar-refractivity contribution in [2.24, 2.45) is 0 Å². The largest absolute Gasteiger partial charge is 0.317 e. The summed E-state index contributed by atoms with van der Waals surface area (Å²) >= 11 is 0. The second-order valence-corrected chi connectivity index (χ2v) is 6.01. The summed E-state index contributed by atoms with van der Waals surface area (Å²) in [6, 6.07) is 0.668. The van der Waals surface area contributed by atoms with Gasteiger partial charge in [0.25, 0.3) is 0 Å². The summed E-state index contributed by atoms with van der Waals surface area (Å²) in [5, 5.41) is 7.56. The molecule has 21 heavy (non-hydrogen) atoms. The molecule has 1 N–H and O–H groups in total. The summed E-state index contributed by atoms with van der Waals surface area (Å²) in [6.45, 7) is 6.02. The second-order valence-electron chi connectivity index (χ2n) is 6.01. The third-order valence-electron chi connectivity index (χ3n) is 4.77. The highest BCUT2D eigenvalue weighted by Crippen LogP contribution is 2.25. The highest BCUT2D eigenvalue weighted by molar-refractivity contribution is 5.85. The van der Waals surface area contributed by atoms with Crippen LogP contribution < -0.4 is 5.32 Å². The number of Topliss-reactive ketones (excluding diaryl/α,β-unsaturated/α-hetero) is 1. The molecule has 2 saturated heterocycles. The zero-order valence-electron chi connectivity index (χ0n) is 12.8. The molecule has 0 amide bonds. The molecule has 1 unspecified atom stereocenters. The molecule has 2 fully saturated rings.